The van der Waals surface area contributed by atoms with Crippen molar-refractivity contribution in [2.24, 2.45) is 11.8 Å². The van der Waals surface area contributed by atoms with E-state index in [0.29, 0.717) is 31.8 Å². The van der Waals surface area contributed by atoms with Crippen LogP contribution in [0.15, 0.2) is 16.7 Å². The van der Waals surface area contributed by atoms with Crippen LogP contribution in [0.25, 0.3) is 0 Å². The van der Waals surface area contributed by atoms with E-state index in [1.807, 2.05) is 12.2 Å². The molecule has 0 spiro atoms. The van der Waals surface area contributed by atoms with Gasteiger partial charge in [0.2, 0.25) is 11.8 Å². The van der Waals surface area contributed by atoms with E-state index >= 15 is 0 Å². The van der Waals surface area contributed by atoms with Crippen LogP contribution in [0, 0.1) is 11.8 Å². The molecule has 1 aliphatic heterocycles. The van der Waals surface area contributed by atoms with Gasteiger partial charge < -0.3 is 14.5 Å². The zero-order valence-corrected chi connectivity index (χ0v) is 14.6. The lowest BCUT2D eigenvalue weighted by atomic mass is 9.81. The second-order valence-corrected chi connectivity index (χ2v) is 6.89. The molecule has 1 aromatic heterocycles. The first-order valence-corrected chi connectivity index (χ1v) is 9.09. The SMILES string of the molecule is CCCc1noc(C2CCN(C(=O)[C@H]3CC=CC[C@@H]3C(=O)O)CC2)n1. The molecule has 7 heteroatoms. The number of nitrogens with zero attached hydrogens (tertiary/aromatic N) is 3. The molecule has 2 aliphatic rings. The summed E-state index contributed by atoms with van der Waals surface area (Å²) in [7, 11) is 0. The van der Waals surface area contributed by atoms with Crippen molar-refractivity contribution in [1.29, 1.82) is 0 Å². The molecule has 1 amide bonds. The van der Waals surface area contributed by atoms with Crippen molar-refractivity contribution in [2.75, 3.05) is 13.1 Å². The minimum atomic E-state index is -0.883. The normalized spacial score (nSPS) is 24.4. The molecule has 2 heterocycles. The Balaban J connectivity index is 1.58. The van der Waals surface area contributed by atoms with Gasteiger partial charge in [0.05, 0.1) is 11.8 Å². The molecule has 0 unspecified atom stereocenters. The van der Waals surface area contributed by atoms with Gasteiger partial charge in [-0.3, -0.25) is 9.59 Å². The number of aromatic nitrogens is 2. The minimum absolute atomic E-state index is 0.0348. The van der Waals surface area contributed by atoms with Crippen molar-refractivity contribution in [2.45, 2.75) is 51.4 Å². The molecule has 0 bridgehead atoms. The summed E-state index contributed by atoms with van der Waals surface area (Å²) in [6.45, 7) is 3.30. The van der Waals surface area contributed by atoms with Crippen molar-refractivity contribution in [3.63, 3.8) is 0 Å². The maximum Gasteiger partial charge on any atom is 0.307 e. The largest absolute Gasteiger partial charge is 0.481 e. The number of carboxylic acid groups (broad SMARTS) is 1. The number of allylic oxidation sites excluding steroid dienone is 2. The van der Waals surface area contributed by atoms with Gasteiger partial charge in [-0.25, -0.2) is 0 Å². The summed E-state index contributed by atoms with van der Waals surface area (Å²) in [5.74, 6) is -0.377. The molecule has 1 fully saturated rings. The second kappa shape index (κ2) is 7.80. The van der Waals surface area contributed by atoms with E-state index in [2.05, 4.69) is 17.1 Å². The monoisotopic (exact) mass is 347 g/mol. The Morgan fingerprint density at radius 2 is 1.92 bits per heavy atom. The Kier molecular flexibility index (Phi) is 5.50. The predicted molar refractivity (Wildman–Crippen MR) is 89.8 cm³/mol. The van der Waals surface area contributed by atoms with Gasteiger partial charge in [-0.2, -0.15) is 4.98 Å². The molecular formula is C18H25N3O4. The molecule has 1 N–H and O–H groups in total. The fourth-order valence-electron chi connectivity index (χ4n) is 3.70. The first-order valence-electron chi connectivity index (χ1n) is 9.09. The van der Waals surface area contributed by atoms with Crippen LogP contribution in [0.5, 0.6) is 0 Å². The van der Waals surface area contributed by atoms with Gasteiger partial charge in [0.15, 0.2) is 5.82 Å². The zero-order chi connectivity index (χ0) is 17.8. The van der Waals surface area contributed by atoms with Crippen LogP contribution in [0.4, 0.5) is 0 Å². The average Bonchev–Trinajstić information content (AvgIpc) is 3.10. The van der Waals surface area contributed by atoms with Gasteiger partial charge in [0.25, 0.3) is 0 Å². The van der Waals surface area contributed by atoms with Crippen molar-refractivity contribution in [3.05, 3.63) is 23.9 Å². The Morgan fingerprint density at radius 1 is 1.24 bits per heavy atom. The van der Waals surface area contributed by atoms with Gasteiger partial charge in [0, 0.05) is 25.4 Å². The topological polar surface area (TPSA) is 96.5 Å². The van der Waals surface area contributed by atoms with E-state index < -0.39 is 17.8 Å². The van der Waals surface area contributed by atoms with Crippen LogP contribution in [-0.2, 0) is 16.0 Å². The van der Waals surface area contributed by atoms with Gasteiger partial charge in [0.1, 0.15) is 0 Å². The maximum atomic E-state index is 12.8. The fourth-order valence-corrected chi connectivity index (χ4v) is 3.70. The van der Waals surface area contributed by atoms with Gasteiger partial charge in [-0.1, -0.05) is 24.2 Å². The highest BCUT2D eigenvalue weighted by Gasteiger charge is 2.38. The van der Waals surface area contributed by atoms with Crippen molar-refractivity contribution in [3.8, 4) is 0 Å². The lowest BCUT2D eigenvalue weighted by Gasteiger charge is -2.35. The molecule has 1 aliphatic carbocycles. The van der Waals surface area contributed by atoms with E-state index in [1.165, 1.54) is 0 Å². The lowest BCUT2D eigenvalue weighted by Crippen LogP contribution is -2.45. The van der Waals surface area contributed by atoms with Crippen LogP contribution in [0.1, 0.15) is 56.7 Å². The summed E-state index contributed by atoms with van der Waals surface area (Å²) in [5, 5.41) is 13.4. The third-order valence-electron chi connectivity index (χ3n) is 5.18. The summed E-state index contributed by atoms with van der Waals surface area (Å²) >= 11 is 0. The molecule has 7 nitrogen and oxygen atoms in total. The lowest BCUT2D eigenvalue weighted by molar-refractivity contribution is -0.151. The Labute approximate surface area is 147 Å². The van der Waals surface area contributed by atoms with Crippen molar-refractivity contribution < 1.29 is 19.2 Å². The zero-order valence-electron chi connectivity index (χ0n) is 14.6. The van der Waals surface area contributed by atoms with Crippen LogP contribution in [0.3, 0.4) is 0 Å². The van der Waals surface area contributed by atoms with Gasteiger partial charge >= 0.3 is 5.97 Å². The van der Waals surface area contributed by atoms with E-state index in [4.69, 9.17) is 4.52 Å². The van der Waals surface area contributed by atoms with E-state index in [-0.39, 0.29) is 11.8 Å². The van der Waals surface area contributed by atoms with Crippen molar-refractivity contribution >= 4 is 11.9 Å². The molecule has 2 atom stereocenters. The summed E-state index contributed by atoms with van der Waals surface area (Å²) in [5.41, 5.74) is 0. The molecule has 3 rings (SSSR count). The van der Waals surface area contributed by atoms with E-state index in [1.54, 1.807) is 4.90 Å². The molecule has 1 aromatic rings. The quantitative estimate of drug-likeness (QED) is 0.822. The highest BCUT2D eigenvalue weighted by Crippen LogP contribution is 2.31. The predicted octanol–water partition coefficient (Wildman–Crippen LogP) is 2.40. The summed E-state index contributed by atoms with van der Waals surface area (Å²) in [6, 6.07) is 0. The highest BCUT2D eigenvalue weighted by molar-refractivity contribution is 5.85. The number of likely N-dealkylation sites (tertiary alicyclic amines) is 1. The number of piperidine rings is 1. The number of carbonyl (C=O) groups excluding carboxylic acids is 1. The maximum absolute atomic E-state index is 12.8. The molecule has 0 radical (unpaired) electrons. The number of amides is 1. The highest BCUT2D eigenvalue weighted by atomic mass is 16.5. The Morgan fingerprint density at radius 3 is 2.56 bits per heavy atom. The first kappa shape index (κ1) is 17.6. The number of carbonyl (C=O) groups is 2. The fraction of sp³-hybridized carbons (Fsp3) is 0.667. The smallest absolute Gasteiger partial charge is 0.307 e. The van der Waals surface area contributed by atoms with E-state index in [9.17, 15) is 14.7 Å². The number of hydrogen-bond donors (Lipinski definition) is 1. The van der Waals surface area contributed by atoms with Crippen LogP contribution in [-0.4, -0.2) is 45.1 Å². The molecule has 136 valence electrons. The molecular weight excluding hydrogens is 322 g/mol. The summed E-state index contributed by atoms with van der Waals surface area (Å²) in [4.78, 5) is 30.4. The first-order chi connectivity index (χ1) is 12.1. The Hall–Kier alpha value is -2.18. The minimum Gasteiger partial charge on any atom is -0.481 e. The summed E-state index contributed by atoms with van der Waals surface area (Å²) in [6.07, 6.45) is 8.07. The number of hydrogen-bond acceptors (Lipinski definition) is 5. The second-order valence-electron chi connectivity index (χ2n) is 6.89. The summed E-state index contributed by atoms with van der Waals surface area (Å²) < 4.78 is 5.37. The molecule has 0 saturated carbocycles. The number of carboxylic acids is 1. The average molecular weight is 347 g/mol. The van der Waals surface area contributed by atoms with Crippen LogP contribution >= 0.6 is 0 Å². The standard InChI is InChI=1S/C18H25N3O4/c1-2-5-15-19-16(25-20-15)12-8-10-21(11-9-12)17(22)13-6-3-4-7-14(13)18(23)24/h3-4,12-14H,2,5-11H2,1H3,(H,23,24)/t13-,14-/m0/s1. The van der Waals surface area contributed by atoms with Gasteiger partial charge in [-0.05, 0) is 32.1 Å². The van der Waals surface area contributed by atoms with E-state index in [0.717, 1.165) is 31.5 Å². The third-order valence-corrected chi connectivity index (χ3v) is 5.18. The Bertz CT molecular complexity index is 647. The number of rotatable bonds is 5. The van der Waals surface area contributed by atoms with Gasteiger partial charge in [-0.15, -0.1) is 0 Å². The van der Waals surface area contributed by atoms with Crippen LogP contribution < -0.4 is 0 Å². The molecule has 1 saturated heterocycles. The molecule has 25 heavy (non-hydrogen) atoms. The number of aliphatic carboxylic acids is 1. The third kappa shape index (κ3) is 3.91. The van der Waals surface area contributed by atoms with Crippen molar-refractivity contribution in [1.82, 2.24) is 15.0 Å². The number of aryl methyl sites for hydroxylation is 1. The van der Waals surface area contributed by atoms with Crippen LogP contribution in [0.2, 0.25) is 0 Å². The molecule has 0 aromatic carbocycles.